The largest absolute Gasteiger partial charge is 0.486 e. The zero-order valence-corrected chi connectivity index (χ0v) is 15.9. The van der Waals surface area contributed by atoms with E-state index in [0.717, 1.165) is 54.5 Å². The van der Waals surface area contributed by atoms with Crippen molar-refractivity contribution in [2.24, 2.45) is 0 Å². The summed E-state index contributed by atoms with van der Waals surface area (Å²) in [5.41, 5.74) is 3.94. The Labute approximate surface area is 164 Å². The molecular weight excluding hydrogens is 354 g/mol. The minimum absolute atomic E-state index is 0.569. The first-order chi connectivity index (χ1) is 13.8. The van der Waals surface area contributed by atoms with E-state index >= 15 is 0 Å². The van der Waals surface area contributed by atoms with E-state index in [4.69, 9.17) is 18.9 Å². The van der Waals surface area contributed by atoms with E-state index < -0.39 is 0 Å². The number of aromatic nitrogens is 1. The van der Waals surface area contributed by atoms with Crippen LogP contribution in [0, 0.1) is 0 Å². The number of likely N-dealkylation sites (N-methyl/N-ethyl adjacent to an activating group) is 1. The van der Waals surface area contributed by atoms with Crippen molar-refractivity contribution in [1.29, 1.82) is 0 Å². The van der Waals surface area contributed by atoms with Gasteiger partial charge in [-0.25, -0.2) is 4.98 Å². The van der Waals surface area contributed by atoms with E-state index in [1.54, 1.807) is 6.26 Å². The van der Waals surface area contributed by atoms with E-state index in [0.29, 0.717) is 19.1 Å². The molecule has 28 heavy (non-hydrogen) atoms. The van der Waals surface area contributed by atoms with Crippen molar-refractivity contribution in [1.82, 2.24) is 9.88 Å². The Morgan fingerprint density at radius 3 is 2.54 bits per heavy atom. The number of fused-ring (bicyclic) bond motifs is 1. The molecule has 6 nitrogen and oxygen atoms in total. The Balaban J connectivity index is 1.40. The first kappa shape index (κ1) is 17.1. The molecule has 0 amide bonds. The van der Waals surface area contributed by atoms with Gasteiger partial charge in [0, 0.05) is 43.0 Å². The molecule has 0 unspecified atom stereocenters. The molecule has 5 rings (SSSR count). The van der Waals surface area contributed by atoms with Crippen LogP contribution in [0.1, 0.15) is 0 Å². The van der Waals surface area contributed by atoms with Crippen molar-refractivity contribution >= 4 is 5.69 Å². The van der Waals surface area contributed by atoms with Crippen molar-refractivity contribution in [2.75, 3.05) is 51.3 Å². The molecule has 144 valence electrons. The van der Waals surface area contributed by atoms with Crippen LogP contribution in [0.3, 0.4) is 0 Å². The van der Waals surface area contributed by atoms with Crippen LogP contribution in [0.5, 0.6) is 11.5 Å². The van der Waals surface area contributed by atoms with Gasteiger partial charge in [-0.15, -0.1) is 0 Å². The Hall–Kier alpha value is -2.99. The number of nitrogens with zero attached hydrogens (tertiary/aromatic N) is 3. The van der Waals surface area contributed by atoms with Crippen LogP contribution < -0.4 is 14.4 Å². The van der Waals surface area contributed by atoms with Gasteiger partial charge in [-0.1, -0.05) is 6.07 Å². The maximum atomic E-state index is 5.80. The van der Waals surface area contributed by atoms with E-state index in [2.05, 4.69) is 35.0 Å². The highest BCUT2D eigenvalue weighted by molar-refractivity contribution is 5.68. The monoisotopic (exact) mass is 377 g/mol. The summed E-state index contributed by atoms with van der Waals surface area (Å²) in [6, 6.07) is 14.3. The van der Waals surface area contributed by atoms with Crippen LogP contribution in [-0.2, 0) is 0 Å². The van der Waals surface area contributed by atoms with Crippen molar-refractivity contribution in [2.45, 2.75) is 0 Å². The van der Waals surface area contributed by atoms with Crippen LogP contribution >= 0.6 is 0 Å². The zero-order chi connectivity index (χ0) is 18.9. The molecule has 2 aliphatic heterocycles. The minimum atomic E-state index is 0.569. The second-order valence-corrected chi connectivity index (χ2v) is 7.24. The maximum absolute atomic E-state index is 5.80. The van der Waals surface area contributed by atoms with Gasteiger partial charge in [0.25, 0.3) is 0 Å². The Bertz CT molecular complexity index is 977. The molecule has 0 spiro atoms. The molecule has 1 aromatic heterocycles. The standard InChI is InChI=1S/C22H23N3O3/c1-24-7-9-25(10-8-24)18-4-2-3-17(13-18)22-23-19(15-28-22)16-5-6-20-21(14-16)27-12-11-26-20/h2-6,13-15H,7-12H2,1H3. The summed E-state index contributed by atoms with van der Waals surface area (Å²) >= 11 is 0. The third-order valence-electron chi connectivity index (χ3n) is 5.30. The van der Waals surface area contributed by atoms with Crippen LogP contribution in [-0.4, -0.2) is 56.3 Å². The Morgan fingerprint density at radius 1 is 0.857 bits per heavy atom. The number of oxazole rings is 1. The van der Waals surface area contributed by atoms with Crippen molar-refractivity contribution < 1.29 is 13.9 Å². The molecule has 0 atom stereocenters. The lowest BCUT2D eigenvalue weighted by atomic mass is 10.1. The summed E-state index contributed by atoms with van der Waals surface area (Å²) in [4.78, 5) is 9.47. The number of hydrogen-bond donors (Lipinski definition) is 0. The highest BCUT2D eigenvalue weighted by Crippen LogP contribution is 2.35. The number of benzene rings is 2. The lowest BCUT2D eigenvalue weighted by Crippen LogP contribution is -2.44. The summed E-state index contributed by atoms with van der Waals surface area (Å²) in [5, 5.41) is 0. The highest BCUT2D eigenvalue weighted by Gasteiger charge is 2.17. The Morgan fingerprint density at radius 2 is 1.68 bits per heavy atom. The molecule has 0 aliphatic carbocycles. The number of ether oxygens (including phenoxy) is 2. The number of rotatable bonds is 3. The van der Waals surface area contributed by atoms with Gasteiger partial charge in [0.1, 0.15) is 25.2 Å². The molecular formula is C22H23N3O3. The molecule has 0 radical (unpaired) electrons. The Kier molecular flexibility index (Phi) is 4.41. The van der Waals surface area contributed by atoms with Gasteiger partial charge in [-0.3, -0.25) is 0 Å². The quantitative estimate of drug-likeness (QED) is 0.696. The van der Waals surface area contributed by atoms with Crippen LogP contribution in [0.4, 0.5) is 5.69 Å². The highest BCUT2D eigenvalue weighted by atomic mass is 16.6. The summed E-state index contributed by atoms with van der Waals surface area (Å²) in [6.07, 6.45) is 1.70. The van der Waals surface area contributed by atoms with Crippen LogP contribution in [0.2, 0.25) is 0 Å². The van der Waals surface area contributed by atoms with Crippen molar-refractivity contribution in [3.05, 3.63) is 48.7 Å². The van der Waals surface area contributed by atoms with Gasteiger partial charge in [0.2, 0.25) is 5.89 Å². The normalized spacial score (nSPS) is 17.0. The number of piperazine rings is 1. The van der Waals surface area contributed by atoms with Gasteiger partial charge in [0.15, 0.2) is 11.5 Å². The third-order valence-corrected chi connectivity index (χ3v) is 5.30. The smallest absolute Gasteiger partial charge is 0.226 e. The van der Waals surface area contributed by atoms with E-state index in [1.807, 2.05) is 24.3 Å². The molecule has 0 bridgehead atoms. The molecule has 0 N–H and O–H groups in total. The lowest BCUT2D eigenvalue weighted by molar-refractivity contribution is 0.171. The number of hydrogen-bond acceptors (Lipinski definition) is 6. The number of anilines is 1. The fourth-order valence-electron chi connectivity index (χ4n) is 3.64. The van der Waals surface area contributed by atoms with Gasteiger partial charge in [-0.05, 0) is 43.4 Å². The summed E-state index contributed by atoms with van der Waals surface area (Å²) in [5.74, 6) is 2.16. The minimum Gasteiger partial charge on any atom is -0.486 e. The van der Waals surface area contributed by atoms with Crippen molar-refractivity contribution in [3.8, 4) is 34.2 Å². The molecule has 3 heterocycles. The van der Waals surface area contributed by atoms with Gasteiger partial charge in [0.05, 0.1) is 0 Å². The molecule has 0 saturated carbocycles. The summed E-state index contributed by atoms with van der Waals surface area (Å²) in [6.45, 7) is 5.39. The molecule has 3 aromatic rings. The average molecular weight is 377 g/mol. The second kappa shape index (κ2) is 7.20. The fourth-order valence-corrected chi connectivity index (χ4v) is 3.64. The van der Waals surface area contributed by atoms with Gasteiger partial charge in [-0.2, -0.15) is 0 Å². The maximum Gasteiger partial charge on any atom is 0.226 e. The molecule has 2 aliphatic rings. The first-order valence-electron chi connectivity index (χ1n) is 9.66. The molecule has 1 saturated heterocycles. The predicted octanol–water partition coefficient (Wildman–Crippen LogP) is 3.53. The van der Waals surface area contributed by atoms with Crippen molar-refractivity contribution in [3.63, 3.8) is 0 Å². The predicted molar refractivity (Wildman–Crippen MR) is 108 cm³/mol. The van der Waals surface area contributed by atoms with Gasteiger partial charge >= 0.3 is 0 Å². The zero-order valence-electron chi connectivity index (χ0n) is 15.9. The fraction of sp³-hybridized carbons (Fsp3) is 0.318. The topological polar surface area (TPSA) is 51.0 Å². The average Bonchev–Trinajstić information content (AvgIpc) is 3.24. The second-order valence-electron chi connectivity index (χ2n) is 7.24. The van der Waals surface area contributed by atoms with Crippen LogP contribution in [0.15, 0.2) is 53.1 Å². The van der Waals surface area contributed by atoms with E-state index in [9.17, 15) is 0 Å². The van der Waals surface area contributed by atoms with E-state index in [-0.39, 0.29) is 0 Å². The first-order valence-corrected chi connectivity index (χ1v) is 9.66. The summed E-state index contributed by atoms with van der Waals surface area (Å²) in [7, 11) is 2.17. The third kappa shape index (κ3) is 3.31. The molecule has 2 aromatic carbocycles. The summed E-state index contributed by atoms with van der Waals surface area (Å²) < 4.78 is 17.1. The van der Waals surface area contributed by atoms with E-state index in [1.165, 1.54) is 5.69 Å². The van der Waals surface area contributed by atoms with Crippen LogP contribution in [0.25, 0.3) is 22.7 Å². The van der Waals surface area contributed by atoms with Gasteiger partial charge < -0.3 is 23.7 Å². The molecule has 1 fully saturated rings. The molecule has 6 heteroatoms. The lowest BCUT2D eigenvalue weighted by Gasteiger charge is -2.34. The SMILES string of the molecule is CN1CCN(c2cccc(-c3nc(-c4ccc5c(c4)OCCO5)co3)c2)CC1.